The van der Waals surface area contributed by atoms with Gasteiger partial charge in [-0.1, -0.05) is 12.1 Å². The number of nitrogens with zero attached hydrogens (tertiary/aromatic N) is 1. The van der Waals surface area contributed by atoms with E-state index < -0.39 is 35.5 Å². The van der Waals surface area contributed by atoms with Gasteiger partial charge in [-0.3, -0.25) is 9.59 Å². The average molecular weight is 346 g/mol. The number of rotatable bonds is 2. The second-order valence-corrected chi connectivity index (χ2v) is 5.93. The third-order valence-corrected chi connectivity index (χ3v) is 4.05. The maximum atomic E-state index is 14.1. The van der Waals surface area contributed by atoms with E-state index in [4.69, 9.17) is 0 Å². The second kappa shape index (κ2) is 6.78. The van der Waals surface area contributed by atoms with Crippen LogP contribution in [0.2, 0.25) is 0 Å². The Bertz CT molecular complexity index is 645. The molecule has 0 aliphatic carbocycles. The lowest BCUT2D eigenvalue weighted by Crippen LogP contribution is -2.58. The van der Waals surface area contributed by atoms with Gasteiger partial charge in [-0.05, 0) is 31.4 Å². The predicted octanol–water partition coefficient (Wildman–Crippen LogP) is 2.81. The van der Waals surface area contributed by atoms with E-state index in [1.807, 2.05) is 0 Å². The number of alkyl halides is 3. The van der Waals surface area contributed by atoms with Gasteiger partial charge in [-0.25, -0.2) is 4.39 Å². The van der Waals surface area contributed by atoms with E-state index in [2.05, 4.69) is 5.32 Å². The van der Waals surface area contributed by atoms with Crippen LogP contribution >= 0.6 is 0 Å². The van der Waals surface area contributed by atoms with E-state index >= 15 is 0 Å². The molecule has 2 amide bonds. The number of likely N-dealkylation sites (tertiary alicyclic amines) is 1. The minimum Gasteiger partial charge on any atom is -0.352 e. The number of benzene rings is 1. The van der Waals surface area contributed by atoms with E-state index in [0.29, 0.717) is 4.90 Å². The molecule has 0 spiro atoms. The third kappa shape index (κ3) is 3.85. The summed E-state index contributed by atoms with van der Waals surface area (Å²) in [6, 6.07) is 1.45. The van der Waals surface area contributed by atoms with Crippen LogP contribution < -0.4 is 5.32 Å². The van der Waals surface area contributed by atoms with E-state index in [-0.39, 0.29) is 30.9 Å². The molecule has 1 aliphatic rings. The fourth-order valence-corrected chi connectivity index (χ4v) is 2.91. The maximum Gasteiger partial charge on any atom is 0.408 e. The van der Waals surface area contributed by atoms with Crippen LogP contribution in [-0.2, 0) is 4.79 Å². The number of hydrogen-bond donors (Lipinski definition) is 1. The minimum atomic E-state index is -4.61. The molecular weight excluding hydrogens is 328 g/mol. The molecular formula is C16H18F4N2O2. The van der Waals surface area contributed by atoms with Crippen LogP contribution in [0.3, 0.4) is 0 Å². The first-order chi connectivity index (χ1) is 11.1. The van der Waals surface area contributed by atoms with Gasteiger partial charge in [-0.15, -0.1) is 0 Å². The number of piperidine rings is 1. The van der Waals surface area contributed by atoms with Crippen LogP contribution in [0.5, 0.6) is 0 Å². The van der Waals surface area contributed by atoms with Gasteiger partial charge in [0.25, 0.3) is 5.91 Å². The van der Waals surface area contributed by atoms with Crippen molar-refractivity contribution in [2.24, 2.45) is 0 Å². The van der Waals surface area contributed by atoms with E-state index in [0.717, 1.165) is 0 Å². The van der Waals surface area contributed by atoms with Crippen molar-refractivity contribution in [1.29, 1.82) is 0 Å². The average Bonchev–Trinajstić information content (AvgIpc) is 2.47. The van der Waals surface area contributed by atoms with E-state index in [1.54, 1.807) is 0 Å². The number of amides is 2. The zero-order chi connectivity index (χ0) is 18.1. The van der Waals surface area contributed by atoms with Gasteiger partial charge in [0.2, 0.25) is 5.91 Å². The Hall–Kier alpha value is -2.12. The Balaban J connectivity index is 2.34. The molecule has 8 heteroatoms. The molecule has 1 N–H and O–H groups in total. The molecule has 0 radical (unpaired) electrons. The Morgan fingerprint density at radius 2 is 1.92 bits per heavy atom. The molecule has 0 unspecified atom stereocenters. The van der Waals surface area contributed by atoms with Crippen molar-refractivity contribution in [3.8, 4) is 0 Å². The van der Waals surface area contributed by atoms with Gasteiger partial charge in [0, 0.05) is 19.5 Å². The molecule has 0 saturated carbocycles. The van der Waals surface area contributed by atoms with Gasteiger partial charge in [0.15, 0.2) is 0 Å². The van der Waals surface area contributed by atoms with Gasteiger partial charge in [0.1, 0.15) is 11.9 Å². The highest BCUT2D eigenvalue weighted by Gasteiger charge is 2.48. The largest absolute Gasteiger partial charge is 0.408 e. The molecule has 132 valence electrons. The second-order valence-electron chi connectivity index (χ2n) is 5.93. The van der Waals surface area contributed by atoms with Crippen LogP contribution in [-0.4, -0.2) is 41.5 Å². The van der Waals surface area contributed by atoms with Crippen LogP contribution in [0, 0.1) is 12.7 Å². The molecule has 2 atom stereocenters. The Morgan fingerprint density at radius 1 is 1.25 bits per heavy atom. The Kier molecular flexibility index (Phi) is 5.15. The molecule has 1 saturated heterocycles. The van der Waals surface area contributed by atoms with Crippen molar-refractivity contribution in [3.05, 3.63) is 35.1 Å². The van der Waals surface area contributed by atoms with Crippen LogP contribution in [0.25, 0.3) is 0 Å². The van der Waals surface area contributed by atoms with Crippen LogP contribution in [0.1, 0.15) is 35.7 Å². The molecule has 1 aromatic rings. The summed E-state index contributed by atoms with van der Waals surface area (Å²) >= 11 is 0. The monoisotopic (exact) mass is 346 g/mol. The first-order valence-electron chi connectivity index (χ1n) is 7.51. The summed E-state index contributed by atoms with van der Waals surface area (Å²) in [5.74, 6) is -2.24. The standard InChI is InChI=1S/C16H18F4N2O2/c1-9-4-3-5-12(14(9)17)15(24)22-8-11(21-10(2)23)6-7-13(22)16(18,19)20/h3-5,11,13H,6-8H2,1-2H3,(H,21,23)/t11-,13-/m1/s1. The van der Waals surface area contributed by atoms with E-state index in [1.165, 1.54) is 32.0 Å². The SMILES string of the molecule is CC(=O)N[C@@H]1CC[C@H](C(F)(F)F)N(C(=O)c2cccc(C)c2F)C1. The predicted molar refractivity (Wildman–Crippen MR) is 78.9 cm³/mol. The molecule has 24 heavy (non-hydrogen) atoms. The molecule has 2 rings (SSSR count). The zero-order valence-corrected chi connectivity index (χ0v) is 13.3. The fraction of sp³-hybridized carbons (Fsp3) is 0.500. The van der Waals surface area contributed by atoms with Crippen LogP contribution in [0.15, 0.2) is 18.2 Å². The highest BCUT2D eigenvalue weighted by Crippen LogP contribution is 2.33. The van der Waals surface area contributed by atoms with Gasteiger partial charge in [0.05, 0.1) is 5.56 Å². The van der Waals surface area contributed by atoms with Gasteiger partial charge >= 0.3 is 6.18 Å². The summed E-state index contributed by atoms with van der Waals surface area (Å²) in [6.07, 6.45) is -4.85. The molecule has 1 heterocycles. The number of carbonyl (C=O) groups excluding carboxylic acids is 2. The summed E-state index contributed by atoms with van der Waals surface area (Å²) in [4.78, 5) is 24.3. The smallest absolute Gasteiger partial charge is 0.352 e. The molecule has 1 fully saturated rings. The lowest BCUT2D eigenvalue weighted by Gasteiger charge is -2.40. The van der Waals surface area contributed by atoms with Gasteiger partial charge < -0.3 is 10.2 Å². The Morgan fingerprint density at radius 3 is 2.50 bits per heavy atom. The van der Waals surface area contributed by atoms with Crippen molar-refractivity contribution < 1.29 is 27.2 Å². The quantitative estimate of drug-likeness (QED) is 0.837. The minimum absolute atomic E-state index is 0.101. The lowest BCUT2D eigenvalue weighted by molar-refractivity contribution is -0.184. The molecule has 0 aromatic heterocycles. The summed E-state index contributed by atoms with van der Waals surface area (Å²) in [5.41, 5.74) is -0.215. The van der Waals surface area contributed by atoms with Crippen LogP contribution in [0.4, 0.5) is 17.6 Å². The molecule has 4 nitrogen and oxygen atoms in total. The number of nitrogens with one attached hydrogen (secondary N) is 1. The summed E-state index contributed by atoms with van der Waals surface area (Å²) in [6.45, 7) is 2.38. The molecule has 1 aromatic carbocycles. The third-order valence-electron chi connectivity index (χ3n) is 4.05. The first-order valence-corrected chi connectivity index (χ1v) is 7.51. The normalized spacial score (nSPS) is 21.5. The number of carbonyl (C=O) groups is 2. The van der Waals surface area contributed by atoms with Crippen molar-refractivity contribution in [2.75, 3.05) is 6.54 Å². The molecule has 0 bridgehead atoms. The number of halogens is 4. The number of aryl methyl sites for hydroxylation is 1. The van der Waals surface area contributed by atoms with Gasteiger partial charge in [-0.2, -0.15) is 13.2 Å². The van der Waals surface area contributed by atoms with Crippen molar-refractivity contribution in [3.63, 3.8) is 0 Å². The van der Waals surface area contributed by atoms with Crippen molar-refractivity contribution in [1.82, 2.24) is 10.2 Å². The topological polar surface area (TPSA) is 49.4 Å². The zero-order valence-electron chi connectivity index (χ0n) is 13.3. The maximum absolute atomic E-state index is 14.1. The fourth-order valence-electron chi connectivity index (χ4n) is 2.91. The summed E-state index contributed by atoms with van der Waals surface area (Å²) in [5, 5.41) is 2.52. The first kappa shape index (κ1) is 18.2. The Labute approximate surface area is 136 Å². The summed E-state index contributed by atoms with van der Waals surface area (Å²) in [7, 11) is 0. The van der Waals surface area contributed by atoms with Crippen molar-refractivity contribution in [2.45, 2.75) is 44.9 Å². The van der Waals surface area contributed by atoms with Crippen molar-refractivity contribution >= 4 is 11.8 Å². The summed E-state index contributed by atoms with van der Waals surface area (Å²) < 4.78 is 53.9. The highest BCUT2D eigenvalue weighted by molar-refractivity contribution is 5.95. The molecule has 1 aliphatic heterocycles. The number of hydrogen-bond acceptors (Lipinski definition) is 2. The van der Waals surface area contributed by atoms with E-state index in [9.17, 15) is 27.2 Å². The lowest BCUT2D eigenvalue weighted by atomic mass is 9.96. The highest BCUT2D eigenvalue weighted by atomic mass is 19.4.